The second-order valence-electron chi connectivity index (χ2n) is 8.23. The maximum Gasteiger partial charge on any atom is 0.274 e. The molecule has 3 aromatic heterocycles. The molecule has 0 saturated carbocycles. The highest BCUT2D eigenvalue weighted by atomic mass is 16.2. The van der Waals surface area contributed by atoms with Gasteiger partial charge in [-0.25, -0.2) is 9.67 Å². The molecule has 1 N–H and O–H groups in total. The molecule has 32 heavy (non-hydrogen) atoms. The van der Waals surface area contributed by atoms with E-state index in [2.05, 4.69) is 20.3 Å². The van der Waals surface area contributed by atoms with Crippen molar-refractivity contribution in [3.63, 3.8) is 0 Å². The number of nitrogens with one attached hydrogen (secondary N) is 1. The summed E-state index contributed by atoms with van der Waals surface area (Å²) in [6.45, 7) is 5.54. The van der Waals surface area contributed by atoms with Crippen LogP contribution in [0.3, 0.4) is 0 Å². The summed E-state index contributed by atoms with van der Waals surface area (Å²) in [4.78, 5) is 32.8. The summed E-state index contributed by atoms with van der Waals surface area (Å²) in [7, 11) is 0. The third-order valence-electron chi connectivity index (χ3n) is 6.11. The van der Waals surface area contributed by atoms with E-state index in [-0.39, 0.29) is 18.0 Å². The van der Waals surface area contributed by atoms with E-state index in [0.29, 0.717) is 29.0 Å². The highest BCUT2D eigenvalue weighted by Crippen LogP contribution is 2.15. The molecular formula is C24H26N6O2. The van der Waals surface area contributed by atoms with Crippen LogP contribution < -0.4 is 10.9 Å². The first kappa shape index (κ1) is 20.4. The molecule has 1 aliphatic heterocycles. The average molecular weight is 431 g/mol. The molecule has 8 heteroatoms. The molecule has 1 aromatic carbocycles. The molecule has 1 fully saturated rings. The lowest BCUT2D eigenvalue weighted by Crippen LogP contribution is -2.33. The highest BCUT2D eigenvalue weighted by Gasteiger charge is 2.18. The number of benzene rings is 1. The van der Waals surface area contributed by atoms with Crippen LogP contribution in [-0.2, 0) is 13.1 Å². The van der Waals surface area contributed by atoms with Gasteiger partial charge in [-0.2, -0.15) is 5.10 Å². The topological polar surface area (TPSA) is 84.5 Å². The van der Waals surface area contributed by atoms with Gasteiger partial charge in [0.25, 0.3) is 11.5 Å². The Morgan fingerprint density at radius 3 is 2.59 bits per heavy atom. The number of carbonyl (C=O) groups is 1. The predicted molar refractivity (Wildman–Crippen MR) is 123 cm³/mol. The summed E-state index contributed by atoms with van der Waals surface area (Å²) in [5, 5.41) is 9.01. The van der Waals surface area contributed by atoms with E-state index in [0.717, 1.165) is 30.7 Å². The van der Waals surface area contributed by atoms with Crippen molar-refractivity contribution in [1.29, 1.82) is 0 Å². The van der Waals surface area contributed by atoms with E-state index in [9.17, 15) is 9.59 Å². The third-order valence-corrected chi connectivity index (χ3v) is 6.11. The molecule has 1 aliphatic rings. The number of nitrogens with zero attached hydrogens (tertiary/aromatic N) is 5. The zero-order valence-electron chi connectivity index (χ0n) is 18.1. The van der Waals surface area contributed by atoms with E-state index < -0.39 is 0 Å². The minimum Gasteiger partial charge on any atom is -0.345 e. The zero-order valence-corrected chi connectivity index (χ0v) is 18.1. The number of hydrogen-bond donors (Lipinski definition) is 1. The Labute approximate surface area is 185 Å². The van der Waals surface area contributed by atoms with Gasteiger partial charge < -0.3 is 10.2 Å². The van der Waals surface area contributed by atoms with Gasteiger partial charge in [-0.05, 0) is 51.1 Å². The maximum atomic E-state index is 13.0. The number of likely N-dealkylation sites (tertiary alicyclic amines) is 1. The van der Waals surface area contributed by atoms with Crippen molar-refractivity contribution in [2.24, 2.45) is 0 Å². The number of aryl methyl sites for hydroxylation is 1. The van der Waals surface area contributed by atoms with Gasteiger partial charge in [0.05, 0.1) is 29.9 Å². The first-order valence-corrected chi connectivity index (χ1v) is 11.0. The van der Waals surface area contributed by atoms with Crippen LogP contribution in [0, 0.1) is 6.92 Å². The zero-order chi connectivity index (χ0) is 22.1. The summed E-state index contributed by atoms with van der Waals surface area (Å²) < 4.78 is 3.33. The van der Waals surface area contributed by atoms with Gasteiger partial charge in [-0.1, -0.05) is 24.3 Å². The van der Waals surface area contributed by atoms with Crippen LogP contribution in [0.15, 0.2) is 53.5 Å². The summed E-state index contributed by atoms with van der Waals surface area (Å²) in [6.07, 6.45) is 4.25. The highest BCUT2D eigenvalue weighted by molar-refractivity contribution is 5.95. The molecular weight excluding hydrogens is 404 g/mol. The van der Waals surface area contributed by atoms with Crippen LogP contribution in [-0.4, -0.2) is 49.6 Å². The van der Waals surface area contributed by atoms with Crippen LogP contribution >= 0.6 is 0 Å². The number of carbonyl (C=O) groups excluding carboxylic acids is 1. The Morgan fingerprint density at radius 1 is 1.03 bits per heavy atom. The van der Waals surface area contributed by atoms with Gasteiger partial charge in [0.1, 0.15) is 11.3 Å². The van der Waals surface area contributed by atoms with Gasteiger partial charge in [-0.15, -0.1) is 0 Å². The SMILES string of the molecule is Cc1nc2ccccn2c1C(=O)NCc1nn(CCN2CCCC2)c(=O)c2ccccc12. The average Bonchev–Trinajstić information content (AvgIpc) is 3.44. The fraction of sp³-hybridized carbons (Fsp3) is 0.333. The molecule has 5 rings (SSSR count). The fourth-order valence-electron chi connectivity index (χ4n) is 4.46. The van der Waals surface area contributed by atoms with Crippen molar-refractivity contribution in [2.45, 2.75) is 32.9 Å². The van der Waals surface area contributed by atoms with Crippen molar-refractivity contribution in [3.8, 4) is 0 Å². The second kappa shape index (κ2) is 8.55. The van der Waals surface area contributed by atoms with Crippen LogP contribution in [0.2, 0.25) is 0 Å². The molecule has 0 aliphatic carbocycles. The van der Waals surface area contributed by atoms with Crippen molar-refractivity contribution in [3.05, 3.63) is 76.1 Å². The second-order valence-corrected chi connectivity index (χ2v) is 8.23. The molecule has 4 heterocycles. The van der Waals surface area contributed by atoms with Crippen LogP contribution in [0.4, 0.5) is 0 Å². The summed E-state index contributed by atoms with van der Waals surface area (Å²) >= 11 is 0. The molecule has 1 saturated heterocycles. The normalized spacial score (nSPS) is 14.4. The minimum atomic E-state index is -0.220. The van der Waals surface area contributed by atoms with Crippen LogP contribution in [0.5, 0.6) is 0 Å². The third kappa shape index (κ3) is 3.78. The van der Waals surface area contributed by atoms with E-state index in [1.807, 2.05) is 55.6 Å². The number of imidazole rings is 1. The van der Waals surface area contributed by atoms with Crippen LogP contribution in [0.1, 0.15) is 34.7 Å². The quantitative estimate of drug-likeness (QED) is 0.508. The smallest absolute Gasteiger partial charge is 0.274 e. The lowest BCUT2D eigenvalue weighted by molar-refractivity contribution is 0.0944. The molecule has 0 spiro atoms. The number of rotatable bonds is 6. The number of pyridine rings is 1. The van der Waals surface area contributed by atoms with E-state index >= 15 is 0 Å². The Hall–Kier alpha value is -3.52. The van der Waals surface area contributed by atoms with Gasteiger partial charge >= 0.3 is 0 Å². The Morgan fingerprint density at radius 2 is 1.78 bits per heavy atom. The maximum absolute atomic E-state index is 13.0. The van der Waals surface area contributed by atoms with E-state index in [4.69, 9.17) is 0 Å². The molecule has 8 nitrogen and oxygen atoms in total. The predicted octanol–water partition coefficient (Wildman–Crippen LogP) is 2.38. The summed E-state index contributed by atoms with van der Waals surface area (Å²) in [5.74, 6) is -0.220. The standard InChI is InChI=1S/C24H26N6O2/c1-17-22(29-13-5-4-10-21(29)26-17)23(31)25-16-20-18-8-2-3-9-19(18)24(32)30(27-20)15-14-28-11-6-7-12-28/h2-5,8-10,13H,6-7,11-12,14-16H2,1H3,(H,25,31). The monoisotopic (exact) mass is 430 g/mol. The summed E-state index contributed by atoms with van der Waals surface area (Å²) in [5.41, 5.74) is 2.50. The molecule has 1 amide bonds. The largest absolute Gasteiger partial charge is 0.345 e. The van der Waals surface area contributed by atoms with Crippen LogP contribution in [0.25, 0.3) is 16.4 Å². The lowest BCUT2D eigenvalue weighted by Gasteiger charge is -2.16. The van der Waals surface area contributed by atoms with Gasteiger partial charge in [0.2, 0.25) is 0 Å². The first-order valence-electron chi connectivity index (χ1n) is 11.0. The van der Waals surface area contributed by atoms with Crippen molar-refractivity contribution in [1.82, 2.24) is 29.4 Å². The number of hydrogen-bond acceptors (Lipinski definition) is 5. The van der Waals surface area contributed by atoms with E-state index in [1.165, 1.54) is 12.8 Å². The van der Waals surface area contributed by atoms with Gasteiger partial charge in [0, 0.05) is 18.1 Å². The van der Waals surface area contributed by atoms with Crippen molar-refractivity contribution in [2.75, 3.05) is 19.6 Å². The Bertz CT molecular complexity index is 1350. The number of aromatic nitrogens is 4. The lowest BCUT2D eigenvalue weighted by atomic mass is 10.1. The van der Waals surface area contributed by atoms with Gasteiger partial charge in [0.15, 0.2) is 0 Å². The van der Waals surface area contributed by atoms with Crippen molar-refractivity contribution >= 4 is 22.3 Å². The summed E-state index contributed by atoms with van der Waals surface area (Å²) in [6, 6.07) is 13.1. The first-order chi connectivity index (χ1) is 15.6. The molecule has 0 bridgehead atoms. The number of fused-ring (bicyclic) bond motifs is 2. The number of amides is 1. The molecule has 164 valence electrons. The molecule has 0 radical (unpaired) electrons. The molecule has 4 aromatic rings. The van der Waals surface area contributed by atoms with E-state index in [1.54, 1.807) is 9.08 Å². The Balaban J connectivity index is 1.42. The van der Waals surface area contributed by atoms with Crippen molar-refractivity contribution < 1.29 is 4.79 Å². The Kier molecular flexibility index (Phi) is 5.45. The molecule has 0 atom stereocenters. The molecule has 0 unspecified atom stereocenters. The minimum absolute atomic E-state index is 0.0903. The van der Waals surface area contributed by atoms with Gasteiger partial charge in [-0.3, -0.25) is 14.0 Å². The fourth-order valence-corrected chi connectivity index (χ4v) is 4.46.